The van der Waals surface area contributed by atoms with E-state index in [4.69, 9.17) is 5.73 Å². The van der Waals surface area contributed by atoms with E-state index in [1.807, 2.05) is 0 Å². The highest BCUT2D eigenvalue weighted by atomic mass is 32.2. The SMILES string of the molecule is CN(CCS(C)(=O)=O)c1nc(N)nc(N2CCCCC2)n1. The smallest absolute Gasteiger partial charge is 0.231 e. The van der Waals surface area contributed by atoms with Crippen molar-refractivity contribution in [3.63, 3.8) is 0 Å². The van der Waals surface area contributed by atoms with Gasteiger partial charge in [0, 0.05) is 32.9 Å². The molecule has 1 fully saturated rings. The van der Waals surface area contributed by atoms with Gasteiger partial charge in [0.1, 0.15) is 9.84 Å². The molecule has 1 aromatic rings. The quantitative estimate of drug-likeness (QED) is 0.805. The molecule has 0 unspecified atom stereocenters. The molecule has 21 heavy (non-hydrogen) atoms. The van der Waals surface area contributed by atoms with Gasteiger partial charge in [-0.3, -0.25) is 0 Å². The van der Waals surface area contributed by atoms with Crippen LogP contribution in [0, 0.1) is 0 Å². The summed E-state index contributed by atoms with van der Waals surface area (Å²) in [6.45, 7) is 2.15. The molecule has 0 spiro atoms. The van der Waals surface area contributed by atoms with Gasteiger partial charge in [0.2, 0.25) is 17.8 Å². The highest BCUT2D eigenvalue weighted by Gasteiger charge is 2.17. The van der Waals surface area contributed by atoms with Crippen LogP contribution in [-0.2, 0) is 9.84 Å². The highest BCUT2D eigenvalue weighted by Crippen LogP contribution is 2.18. The van der Waals surface area contributed by atoms with Crippen molar-refractivity contribution in [3.8, 4) is 0 Å². The molecule has 0 aromatic carbocycles. The molecule has 0 aliphatic carbocycles. The Balaban J connectivity index is 2.13. The van der Waals surface area contributed by atoms with Gasteiger partial charge in [0.25, 0.3) is 0 Å². The zero-order chi connectivity index (χ0) is 15.5. The van der Waals surface area contributed by atoms with Gasteiger partial charge in [-0.15, -0.1) is 0 Å². The third kappa shape index (κ3) is 4.69. The maximum atomic E-state index is 11.2. The minimum absolute atomic E-state index is 0.0497. The van der Waals surface area contributed by atoms with Gasteiger partial charge in [-0.2, -0.15) is 15.0 Å². The number of rotatable bonds is 5. The lowest BCUT2D eigenvalue weighted by atomic mass is 10.1. The number of nitrogens with two attached hydrogens (primary N) is 1. The molecule has 2 heterocycles. The van der Waals surface area contributed by atoms with Crippen LogP contribution in [0.15, 0.2) is 0 Å². The van der Waals surface area contributed by atoms with Crippen LogP contribution >= 0.6 is 0 Å². The van der Waals surface area contributed by atoms with Crippen molar-refractivity contribution < 1.29 is 8.42 Å². The molecule has 118 valence electrons. The van der Waals surface area contributed by atoms with E-state index in [0.717, 1.165) is 25.9 Å². The first-order valence-electron chi connectivity index (χ1n) is 7.00. The largest absolute Gasteiger partial charge is 0.368 e. The third-order valence-corrected chi connectivity index (χ3v) is 4.33. The monoisotopic (exact) mass is 314 g/mol. The Bertz CT molecular complexity index is 585. The van der Waals surface area contributed by atoms with E-state index in [2.05, 4.69) is 19.9 Å². The molecule has 1 aliphatic rings. The lowest BCUT2D eigenvalue weighted by Crippen LogP contribution is -2.33. The van der Waals surface area contributed by atoms with Gasteiger partial charge in [-0.25, -0.2) is 8.42 Å². The Kier molecular flexibility index (Phi) is 4.81. The molecule has 0 atom stereocenters. The van der Waals surface area contributed by atoms with Gasteiger partial charge in [0.15, 0.2) is 0 Å². The molecule has 1 aliphatic heterocycles. The number of nitrogen functional groups attached to an aromatic ring is 1. The molecule has 0 saturated carbocycles. The molecule has 0 bridgehead atoms. The summed E-state index contributed by atoms with van der Waals surface area (Å²) in [5.74, 6) is 1.19. The van der Waals surface area contributed by atoms with E-state index >= 15 is 0 Å². The van der Waals surface area contributed by atoms with Gasteiger partial charge >= 0.3 is 0 Å². The molecule has 0 amide bonds. The number of aromatic nitrogens is 3. The normalized spacial score (nSPS) is 16.0. The summed E-state index contributed by atoms with van der Waals surface area (Å²) in [5, 5.41) is 0. The Morgan fingerprint density at radius 3 is 2.48 bits per heavy atom. The number of piperidine rings is 1. The van der Waals surface area contributed by atoms with Crippen molar-refractivity contribution in [3.05, 3.63) is 0 Å². The minimum Gasteiger partial charge on any atom is -0.368 e. The molecule has 9 heteroatoms. The van der Waals surface area contributed by atoms with Crippen LogP contribution in [0.5, 0.6) is 0 Å². The summed E-state index contributed by atoms with van der Waals surface area (Å²) < 4.78 is 22.5. The zero-order valence-corrected chi connectivity index (χ0v) is 13.3. The maximum Gasteiger partial charge on any atom is 0.231 e. The second-order valence-corrected chi connectivity index (χ2v) is 7.65. The van der Waals surface area contributed by atoms with Crippen molar-refractivity contribution in [2.45, 2.75) is 19.3 Å². The first kappa shape index (κ1) is 15.7. The molecular formula is C12H22N6O2S. The maximum absolute atomic E-state index is 11.2. The lowest BCUT2D eigenvalue weighted by Gasteiger charge is -2.27. The Labute approximate surface area is 125 Å². The fourth-order valence-corrected chi connectivity index (χ4v) is 2.78. The second kappa shape index (κ2) is 6.42. The van der Waals surface area contributed by atoms with Crippen LogP contribution < -0.4 is 15.5 Å². The molecule has 1 saturated heterocycles. The fourth-order valence-electron chi connectivity index (χ4n) is 2.18. The van der Waals surface area contributed by atoms with Crippen LogP contribution in [0.1, 0.15) is 19.3 Å². The number of nitrogens with zero attached hydrogens (tertiary/aromatic N) is 5. The summed E-state index contributed by atoms with van der Waals surface area (Å²) in [6.07, 6.45) is 4.66. The summed E-state index contributed by atoms with van der Waals surface area (Å²) >= 11 is 0. The Morgan fingerprint density at radius 2 is 1.86 bits per heavy atom. The number of anilines is 3. The van der Waals surface area contributed by atoms with Crippen molar-refractivity contribution in [1.82, 2.24) is 15.0 Å². The minimum atomic E-state index is -3.02. The molecule has 0 radical (unpaired) electrons. The standard InChI is InChI=1S/C12H22N6O2S/c1-17(8-9-21(2,19)20)11-14-10(13)15-12(16-11)18-6-4-3-5-7-18/h3-9H2,1-2H3,(H2,13,14,15,16). The first-order chi connectivity index (χ1) is 9.85. The van der Waals surface area contributed by atoms with E-state index < -0.39 is 9.84 Å². The van der Waals surface area contributed by atoms with Crippen LogP contribution in [0.2, 0.25) is 0 Å². The molecule has 1 aromatic heterocycles. The summed E-state index contributed by atoms with van der Waals surface area (Å²) in [4.78, 5) is 16.5. The molecular weight excluding hydrogens is 292 g/mol. The molecule has 2 rings (SSSR count). The lowest BCUT2D eigenvalue weighted by molar-refractivity contribution is 0.567. The van der Waals surface area contributed by atoms with Crippen LogP contribution in [0.3, 0.4) is 0 Å². The van der Waals surface area contributed by atoms with Gasteiger partial charge in [-0.05, 0) is 19.3 Å². The van der Waals surface area contributed by atoms with E-state index in [-0.39, 0.29) is 11.7 Å². The summed E-state index contributed by atoms with van der Waals surface area (Å²) in [6, 6.07) is 0. The van der Waals surface area contributed by atoms with E-state index in [1.165, 1.54) is 12.7 Å². The zero-order valence-electron chi connectivity index (χ0n) is 12.5. The molecule has 2 N–H and O–H groups in total. The van der Waals surface area contributed by atoms with Gasteiger partial charge in [-0.1, -0.05) is 0 Å². The van der Waals surface area contributed by atoms with Crippen molar-refractivity contribution in [1.29, 1.82) is 0 Å². The number of sulfone groups is 1. The molecule has 8 nitrogen and oxygen atoms in total. The van der Waals surface area contributed by atoms with Crippen LogP contribution in [0.4, 0.5) is 17.8 Å². The average molecular weight is 314 g/mol. The third-order valence-electron chi connectivity index (χ3n) is 3.41. The van der Waals surface area contributed by atoms with Crippen molar-refractivity contribution in [2.75, 3.05) is 54.2 Å². The Hall–Kier alpha value is -1.64. The van der Waals surface area contributed by atoms with Crippen LogP contribution in [0.25, 0.3) is 0 Å². The Morgan fingerprint density at radius 1 is 1.19 bits per heavy atom. The number of hydrogen-bond donors (Lipinski definition) is 1. The predicted molar refractivity (Wildman–Crippen MR) is 83.3 cm³/mol. The van der Waals surface area contributed by atoms with Gasteiger partial charge in [0.05, 0.1) is 5.75 Å². The first-order valence-corrected chi connectivity index (χ1v) is 9.06. The predicted octanol–water partition coefficient (Wildman–Crippen LogP) is -0.0751. The summed E-state index contributed by atoms with van der Waals surface area (Å²) in [5.41, 5.74) is 5.75. The van der Waals surface area contributed by atoms with E-state index in [1.54, 1.807) is 11.9 Å². The van der Waals surface area contributed by atoms with E-state index in [0.29, 0.717) is 18.4 Å². The van der Waals surface area contributed by atoms with E-state index in [9.17, 15) is 8.42 Å². The number of hydrogen-bond acceptors (Lipinski definition) is 8. The summed E-state index contributed by atoms with van der Waals surface area (Å²) in [7, 11) is -1.27. The second-order valence-electron chi connectivity index (χ2n) is 5.39. The van der Waals surface area contributed by atoms with Crippen LogP contribution in [-0.4, -0.2) is 62.1 Å². The topological polar surface area (TPSA) is 105 Å². The van der Waals surface area contributed by atoms with Crippen molar-refractivity contribution in [2.24, 2.45) is 0 Å². The fraction of sp³-hybridized carbons (Fsp3) is 0.750. The highest BCUT2D eigenvalue weighted by molar-refractivity contribution is 7.90. The van der Waals surface area contributed by atoms with Gasteiger partial charge < -0.3 is 15.5 Å². The average Bonchev–Trinajstić information content (AvgIpc) is 2.44. The van der Waals surface area contributed by atoms with Crippen molar-refractivity contribution >= 4 is 27.7 Å².